The highest BCUT2D eigenvalue weighted by Gasteiger charge is 2.46. The summed E-state index contributed by atoms with van der Waals surface area (Å²) >= 11 is 1.30. The molecule has 3 N–H and O–H groups in total. The lowest BCUT2D eigenvalue weighted by Crippen LogP contribution is -2.67. The number of pyridine rings is 1. The van der Waals surface area contributed by atoms with Crippen molar-refractivity contribution in [3.8, 4) is 5.75 Å². The van der Waals surface area contributed by atoms with Gasteiger partial charge >= 0.3 is 0 Å². The van der Waals surface area contributed by atoms with Crippen molar-refractivity contribution in [2.24, 2.45) is 7.05 Å². The van der Waals surface area contributed by atoms with E-state index in [0.717, 1.165) is 16.3 Å². The van der Waals surface area contributed by atoms with Crippen molar-refractivity contribution in [1.82, 2.24) is 20.1 Å². The van der Waals surface area contributed by atoms with Gasteiger partial charge in [-0.25, -0.2) is 9.37 Å². The zero-order valence-electron chi connectivity index (χ0n) is 21.3. The molecule has 1 aromatic carbocycles. The topological polar surface area (TPSA) is 93.1 Å². The third-order valence-electron chi connectivity index (χ3n) is 6.56. The Morgan fingerprint density at radius 1 is 1.22 bits per heavy atom. The fourth-order valence-electron chi connectivity index (χ4n) is 5.20. The van der Waals surface area contributed by atoms with Crippen molar-refractivity contribution in [2.45, 2.75) is 57.4 Å². The number of hydrogen-bond acceptors (Lipinski definition) is 7. The van der Waals surface area contributed by atoms with Crippen molar-refractivity contribution < 1.29 is 13.9 Å². The number of hydrogen-bond donors (Lipinski definition) is 3. The molecule has 1 aliphatic rings. The summed E-state index contributed by atoms with van der Waals surface area (Å²) in [6.45, 7) is 7.93. The first-order valence-corrected chi connectivity index (χ1v) is 12.7. The number of nitrogens with zero attached hydrogens (tertiary/aromatic N) is 3. The van der Waals surface area contributed by atoms with Gasteiger partial charge < -0.3 is 20.7 Å². The summed E-state index contributed by atoms with van der Waals surface area (Å²) in [6.07, 6.45) is 1.42. The molecule has 1 amide bonds. The molecule has 2 atom stereocenters. The number of halogens is 1. The van der Waals surface area contributed by atoms with E-state index in [4.69, 9.17) is 9.72 Å². The molecule has 5 rings (SSSR count). The van der Waals surface area contributed by atoms with Gasteiger partial charge in [0.05, 0.1) is 29.2 Å². The highest BCUT2D eigenvalue weighted by Crippen LogP contribution is 2.34. The second-order valence-electron chi connectivity index (χ2n) is 10.7. The molecule has 4 aromatic rings. The number of piperidine rings is 1. The van der Waals surface area contributed by atoms with Crippen LogP contribution in [0.25, 0.3) is 21.1 Å². The van der Waals surface area contributed by atoms with Gasteiger partial charge in [-0.05, 0) is 58.4 Å². The monoisotopic (exact) mass is 510 g/mol. The number of aromatic nitrogens is 3. The van der Waals surface area contributed by atoms with Crippen LogP contribution in [0.15, 0.2) is 36.5 Å². The van der Waals surface area contributed by atoms with Gasteiger partial charge in [-0.15, -0.1) is 11.3 Å². The van der Waals surface area contributed by atoms with E-state index in [2.05, 4.69) is 34.9 Å². The number of amides is 1. The molecule has 0 saturated carbocycles. The van der Waals surface area contributed by atoms with Gasteiger partial charge in [0.15, 0.2) is 0 Å². The first-order valence-electron chi connectivity index (χ1n) is 11.9. The van der Waals surface area contributed by atoms with E-state index in [1.54, 1.807) is 17.9 Å². The average molecular weight is 511 g/mol. The van der Waals surface area contributed by atoms with E-state index in [-0.39, 0.29) is 17.5 Å². The molecule has 1 saturated heterocycles. The van der Waals surface area contributed by atoms with E-state index >= 15 is 4.39 Å². The normalized spacial score (nSPS) is 21.0. The molecular weight excluding hydrogens is 479 g/mol. The summed E-state index contributed by atoms with van der Waals surface area (Å²) < 4.78 is 22.4. The zero-order chi connectivity index (χ0) is 25.8. The lowest BCUT2D eigenvalue weighted by molar-refractivity contribution is 0.0656. The van der Waals surface area contributed by atoms with Crippen LogP contribution in [-0.2, 0) is 7.05 Å². The highest BCUT2D eigenvalue weighted by molar-refractivity contribution is 7.20. The summed E-state index contributed by atoms with van der Waals surface area (Å²) in [7, 11) is 3.41. The lowest BCUT2D eigenvalue weighted by atomic mass is 9.78. The smallest absolute Gasteiger partial charge is 0.265 e. The molecule has 190 valence electrons. The Kier molecular flexibility index (Phi) is 5.91. The average Bonchev–Trinajstić information content (AvgIpc) is 3.37. The van der Waals surface area contributed by atoms with Crippen molar-refractivity contribution in [3.63, 3.8) is 0 Å². The van der Waals surface area contributed by atoms with Gasteiger partial charge in [-0.2, -0.15) is 5.10 Å². The second kappa shape index (κ2) is 8.70. The van der Waals surface area contributed by atoms with E-state index in [1.165, 1.54) is 11.3 Å². The minimum Gasteiger partial charge on any atom is -0.494 e. The van der Waals surface area contributed by atoms with Crippen LogP contribution in [0.1, 0.15) is 43.8 Å². The Morgan fingerprint density at radius 3 is 2.75 bits per heavy atom. The third-order valence-corrected chi connectivity index (χ3v) is 7.61. The largest absolute Gasteiger partial charge is 0.494 e. The lowest BCUT2D eigenvalue weighted by Gasteiger charge is -2.49. The number of carbonyl (C=O) groups is 1. The summed E-state index contributed by atoms with van der Waals surface area (Å²) in [6, 6.07) is 8.84. The first-order chi connectivity index (χ1) is 16.9. The number of anilines is 2. The minimum absolute atomic E-state index is 0.206. The number of benzene rings is 1. The minimum atomic E-state index is -1.08. The van der Waals surface area contributed by atoms with Crippen LogP contribution in [-0.4, -0.2) is 51.1 Å². The molecule has 1 fully saturated rings. The van der Waals surface area contributed by atoms with Gasteiger partial charge in [0, 0.05) is 41.2 Å². The van der Waals surface area contributed by atoms with E-state index in [9.17, 15) is 4.79 Å². The van der Waals surface area contributed by atoms with Crippen LogP contribution in [0.4, 0.5) is 15.9 Å². The van der Waals surface area contributed by atoms with Gasteiger partial charge in [0.2, 0.25) is 0 Å². The van der Waals surface area contributed by atoms with Crippen LogP contribution in [0.3, 0.4) is 0 Å². The molecule has 0 bridgehead atoms. The Labute approximate surface area is 213 Å². The van der Waals surface area contributed by atoms with Crippen molar-refractivity contribution in [3.05, 3.63) is 41.4 Å². The molecule has 3 aromatic heterocycles. The number of fused-ring (bicyclic) bond motifs is 2. The molecule has 36 heavy (non-hydrogen) atoms. The molecule has 4 heterocycles. The maximum atomic E-state index is 15.2. The Hall–Kier alpha value is -3.24. The number of carbonyl (C=O) groups excluding carboxylic acids is 1. The number of thiophene rings is 1. The van der Waals surface area contributed by atoms with Gasteiger partial charge in [0.25, 0.3) is 5.91 Å². The number of ether oxygens (including phenoxy) is 1. The Balaban J connectivity index is 1.37. The number of nitrogens with one attached hydrogen (secondary N) is 3. The van der Waals surface area contributed by atoms with E-state index < -0.39 is 11.7 Å². The van der Waals surface area contributed by atoms with Crippen molar-refractivity contribution >= 4 is 49.9 Å². The molecule has 1 aliphatic heterocycles. The van der Waals surface area contributed by atoms with Crippen LogP contribution < -0.4 is 20.7 Å². The van der Waals surface area contributed by atoms with Crippen LogP contribution >= 0.6 is 11.3 Å². The number of rotatable bonds is 5. The third kappa shape index (κ3) is 4.62. The summed E-state index contributed by atoms with van der Waals surface area (Å²) in [5.41, 5.74) is 0.495. The van der Waals surface area contributed by atoms with Crippen LogP contribution in [0, 0.1) is 0 Å². The number of alkyl halides is 1. The Bertz CT molecular complexity index is 1460. The van der Waals surface area contributed by atoms with Gasteiger partial charge in [0.1, 0.15) is 22.6 Å². The molecule has 0 radical (unpaired) electrons. The maximum absolute atomic E-state index is 15.2. The summed E-state index contributed by atoms with van der Waals surface area (Å²) in [4.78, 5) is 19.0. The molecule has 2 unspecified atom stereocenters. The van der Waals surface area contributed by atoms with Gasteiger partial charge in [-0.3, -0.25) is 9.48 Å². The first kappa shape index (κ1) is 24.5. The number of methoxy groups -OCH3 is 1. The van der Waals surface area contributed by atoms with E-state index in [0.29, 0.717) is 33.4 Å². The standard InChI is InChI=1S/C26H31FN6O2S/c1-25(2)12-18(22(27)26(3,4)32-25)28-21-8-7-14-10-20(36-24(14)30-21)23(34)29-17-9-15-13-33(5)31-16(15)11-19(17)35-6/h7-11,13,18,22,32H,12H2,1-6H3,(H,28,30)(H,29,34). The van der Waals surface area contributed by atoms with Crippen LogP contribution in [0.2, 0.25) is 0 Å². The molecule has 0 aliphatic carbocycles. The fourth-order valence-corrected chi connectivity index (χ4v) is 6.13. The summed E-state index contributed by atoms with van der Waals surface area (Å²) in [5, 5.41) is 15.8. The molecule has 8 nitrogen and oxygen atoms in total. The quantitative estimate of drug-likeness (QED) is 0.345. The highest BCUT2D eigenvalue weighted by atomic mass is 32.1. The van der Waals surface area contributed by atoms with Crippen molar-refractivity contribution in [1.29, 1.82) is 0 Å². The summed E-state index contributed by atoms with van der Waals surface area (Å²) in [5.74, 6) is 0.884. The molecule has 10 heteroatoms. The molecular formula is C26H31FN6O2S. The van der Waals surface area contributed by atoms with Crippen molar-refractivity contribution in [2.75, 3.05) is 17.7 Å². The fraction of sp³-hybridized carbons (Fsp3) is 0.423. The molecule has 0 spiro atoms. The van der Waals surface area contributed by atoms with Crippen LogP contribution in [0.5, 0.6) is 5.75 Å². The van der Waals surface area contributed by atoms with Gasteiger partial charge in [-0.1, -0.05) is 0 Å². The number of aryl methyl sites for hydroxylation is 1. The van der Waals surface area contributed by atoms with E-state index in [1.807, 2.05) is 51.4 Å². The second-order valence-corrected chi connectivity index (χ2v) is 11.7. The maximum Gasteiger partial charge on any atom is 0.265 e. The SMILES string of the molecule is COc1cc2nn(C)cc2cc1NC(=O)c1cc2ccc(NC3CC(C)(C)NC(C)(C)C3F)nc2s1. The Morgan fingerprint density at radius 2 is 2.00 bits per heavy atom. The predicted molar refractivity (Wildman–Crippen MR) is 143 cm³/mol. The zero-order valence-corrected chi connectivity index (χ0v) is 22.1. The predicted octanol–water partition coefficient (Wildman–Crippen LogP) is 5.11.